The monoisotopic (exact) mass is 242 g/mol. The van der Waals surface area contributed by atoms with Gasteiger partial charge in [0.1, 0.15) is 6.10 Å². The molecule has 2 rings (SSSR count). The summed E-state index contributed by atoms with van der Waals surface area (Å²) in [6.07, 6.45) is 1.91. The van der Waals surface area contributed by atoms with E-state index in [9.17, 15) is 4.79 Å². The van der Waals surface area contributed by atoms with Gasteiger partial charge >= 0.3 is 0 Å². The van der Waals surface area contributed by atoms with Crippen LogP contribution >= 0.6 is 0 Å². The lowest BCUT2D eigenvalue weighted by Gasteiger charge is -2.31. The first-order valence-corrected chi connectivity index (χ1v) is 6.50. The fourth-order valence-electron chi connectivity index (χ4n) is 2.32. The predicted molar refractivity (Wildman–Crippen MR) is 63.8 cm³/mol. The molecule has 0 bridgehead atoms. The molecule has 1 unspecified atom stereocenters. The van der Waals surface area contributed by atoms with E-state index in [1.165, 1.54) is 0 Å². The van der Waals surface area contributed by atoms with E-state index in [4.69, 9.17) is 9.47 Å². The summed E-state index contributed by atoms with van der Waals surface area (Å²) in [6, 6.07) is 0. The van der Waals surface area contributed by atoms with Crippen molar-refractivity contribution in [1.29, 1.82) is 0 Å². The van der Waals surface area contributed by atoms with Crippen molar-refractivity contribution >= 4 is 5.91 Å². The van der Waals surface area contributed by atoms with Crippen LogP contribution in [0, 0.1) is 0 Å². The lowest BCUT2D eigenvalue weighted by atomic mass is 10.1. The van der Waals surface area contributed by atoms with Gasteiger partial charge in [-0.05, 0) is 32.9 Å². The lowest BCUT2D eigenvalue weighted by Crippen LogP contribution is -2.47. The van der Waals surface area contributed by atoms with E-state index < -0.39 is 0 Å². The average molecular weight is 242 g/mol. The van der Waals surface area contributed by atoms with Crippen LogP contribution in [0.3, 0.4) is 0 Å². The highest BCUT2D eigenvalue weighted by Crippen LogP contribution is 2.12. The molecule has 0 radical (unpaired) electrons. The molecule has 0 aromatic heterocycles. The second-order valence-electron chi connectivity index (χ2n) is 4.67. The first-order valence-electron chi connectivity index (χ1n) is 6.50. The molecule has 0 saturated carbocycles. The third kappa shape index (κ3) is 3.66. The van der Waals surface area contributed by atoms with Gasteiger partial charge in [-0.25, -0.2) is 0 Å². The van der Waals surface area contributed by atoms with Crippen molar-refractivity contribution in [2.75, 3.05) is 39.4 Å². The van der Waals surface area contributed by atoms with Crippen LogP contribution in [0.4, 0.5) is 0 Å². The van der Waals surface area contributed by atoms with Gasteiger partial charge in [-0.1, -0.05) is 0 Å². The van der Waals surface area contributed by atoms with Crippen molar-refractivity contribution in [2.24, 2.45) is 0 Å². The minimum Gasteiger partial charge on any atom is -0.378 e. The first-order chi connectivity index (χ1) is 8.27. The van der Waals surface area contributed by atoms with Gasteiger partial charge in [-0.2, -0.15) is 0 Å². The molecule has 17 heavy (non-hydrogen) atoms. The number of hydrogen-bond acceptors (Lipinski definition) is 4. The summed E-state index contributed by atoms with van der Waals surface area (Å²) in [5.74, 6) is 0.104. The van der Waals surface area contributed by atoms with E-state index >= 15 is 0 Å². The zero-order valence-corrected chi connectivity index (χ0v) is 10.5. The second-order valence-corrected chi connectivity index (χ2v) is 4.67. The fraction of sp³-hybridized carbons (Fsp3) is 0.917. The number of morpholine rings is 1. The summed E-state index contributed by atoms with van der Waals surface area (Å²) < 4.78 is 11.1. The van der Waals surface area contributed by atoms with Crippen molar-refractivity contribution < 1.29 is 14.3 Å². The Morgan fingerprint density at radius 3 is 2.65 bits per heavy atom. The standard InChI is InChI=1S/C12H22N2O3/c1-10(17-11-2-4-13-5-3-11)12(15)14-6-8-16-9-7-14/h10-11,13H,2-9H2,1H3. The molecule has 2 saturated heterocycles. The highest BCUT2D eigenvalue weighted by atomic mass is 16.5. The lowest BCUT2D eigenvalue weighted by molar-refractivity contribution is -0.151. The molecule has 2 aliphatic heterocycles. The highest BCUT2D eigenvalue weighted by Gasteiger charge is 2.26. The van der Waals surface area contributed by atoms with E-state index in [2.05, 4.69) is 5.32 Å². The third-order valence-corrected chi connectivity index (χ3v) is 3.35. The zero-order chi connectivity index (χ0) is 12.1. The van der Waals surface area contributed by atoms with Gasteiger partial charge < -0.3 is 19.7 Å². The van der Waals surface area contributed by atoms with E-state index in [1.807, 2.05) is 11.8 Å². The van der Waals surface area contributed by atoms with Crippen molar-refractivity contribution in [1.82, 2.24) is 10.2 Å². The number of carbonyl (C=O) groups excluding carboxylic acids is 1. The topological polar surface area (TPSA) is 50.8 Å². The molecule has 0 aromatic carbocycles. The summed E-state index contributed by atoms with van der Waals surface area (Å²) in [5.41, 5.74) is 0. The number of hydrogen-bond donors (Lipinski definition) is 1. The van der Waals surface area contributed by atoms with Crippen LogP contribution in [-0.2, 0) is 14.3 Å². The molecule has 0 aromatic rings. The molecule has 1 amide bonds. The molecule has 2 fully saturated rings. The van der Waals surface area contributed by atoms with Crippen LogP contribution < -0.4 is 5.32 Å². The maximum absolute atomic E-state index is 12.1. The maximum atomic E-state index is 12.1. The summed E-state index contributed by atoms with van der Waals surface area (Å²) >= 11 is 0. The van der Waals surface area contributed by atoms with Gasteiger partial charge in [-0.3, -0.25) is 4.79 Å². The van der Waals surface area contributed by atoms with Gasteiger partial charge in [-0.15, -0.1) is 0 Å². The number of ether oxygens (including phenoxy) is 2. The number of carbonyl (C=O) groups is 1. The largest absolute Gasteiger partial charge is 0.378 e. The molecule has 5 heteroatoms. The number of amides is 1. The second kappa shape index (κ2) is 6.33. The molecule has 0 spiro atoms. The Hall–Kier alpha value is -0.650. The Morgan fingerprint density at radius 2 is 2.00 bits per heavy atom. The molecule has 2 aliphatic rings. The number of piperidine rings is 1. The summed E-state index contributed by atoms with van der Waals surface area (Å²) in [6.45, 7) is 6.52. The van der Waals surface area contributed by atoms with E-state index in [1.54, 1.807) is 0 Å². The molecule has 1 N–H and O–H groups in total. The molecule has 98 valence electrons. The summed E-state index contributed by atoms with van der Waals surface area (Å²) in [5, 5.41) is 3.29. The van der Waals surface area contributed by atoms with Crippen molar-refractivity contribution in [3.8, 4) is 0 Å². The van der Waals surface area contributed by atoms with E-state index in [-0.39, 0.29) is 18.1 Å². The molecule has 1 atom stereocenters. The van der Waals surface area contributed by atoms with Gasteiger partial charge in [0.2, 0.25) is 0 Å². The van der Waals surface area contributed by atoms with Gasteiger partial charge in [0.05, 0.1) is 19.3 Å². The van der Waals surface area contributed by atoms with Crippen LogP contribution in [0.5, 0.6) is 0 Å². The number of nitrogens with one attached hydrogen (secondary N) is 1. The van der Waals surface area contributed by atoms with Crippen molar-refractivity contribution in [3.05, 3.63) is 0 Å². The fourth-order valence-corrected chi connectivity index (χ4v) is 2.32. The Labute approximate surface area is 102 Å². The van der Waals surface area contributed by atoms with Crippen LogP contribution in [0.15, 0.2) is 0 Å². The van der Waals surface area contributed by atoms with Crippen molar-refractivity contribution in [3.63, 3.8) is 0 Å². The Bertz CT molecular complexity index is 248. The molecular weight excluding hydrogens is 220 g/mol. The van der Waals surface area contributed by atoms with Crippen LogP contribution in [0.25, 0.3) is 0 Å². The maximum Gasteiger partial charge on any atom is 0.251 e. The Morgan fingerprint density at radius 1 is 1.35 bits per heavy atom. The molecular formula is C12H22N2O3. The van der Waals surface area contributed by atoms with E-state index in [0.29, 0.717) is 26.3 Å². The summed E-state index contributed by atoms with van der Waals surface area (Å²) in [4.78, 5) is 13.9. The first kappa shape index (κ1) is 12.8. The quantitative estimate of drug-likeness (QED) is 0.757. The Balaban J connectivity index is 1.77. The van der Waals surface area contributed by atoms with Gasteiger partial charge in [0.15, 0.2) is 0 Å². The van der Waals surface area contributed by atoms with Crippen LogP contribution in [0.1, 0.15) is 19.8 Å². The Kier molecular flexibility index (Phi) is 4.76. The van der Waals surface area contributed by atoms with Crippen molar-refractivity contribution in [2.45, 2.75) is 32.0 Å². The highest BCUT2D eigenvalue weighted by molar-refractivity contribution is 5.80. The molecule has 2 heterocycles. The third-order valence-electron chi connectivity index (χ3n) is 3.35. The normalized spacial score (nSPS) is 24.6. The smallest absolute Gasteiger partial charge is 0.251 e. The number of nitrogens with zero attached hydrogens (tertiary/aromatic N) is 1. The zero-order valence-electron chi connectivity index (χ0n) is 10.5. The summed E-state index contributed by atoms with van der Waals surface area (Å²) in [7, 11) is 0. The minimum absolute atomic E-state index is 0.104. The SMILES string of the molecule is CC(OC1CCNCC1)C(=O)N1CCOCC1. The average Bonchev–Trinajstić information content (AvgIpc) is 2.40. The molecule has 5 nitrogen and oxygen atoms in total. The van der Waals surface area contributed by atoms with Crippen LogP contribution in [0.2, 0.25) is 0 Å². The van der Waals surface area contributed by atoms with E-state index in [0.717, 1.165) is 25.9 Å². The minimum atomic E-state index is -0.323. The number of rotatable bonds is 3. The molecule has 0 aliphatic carbocycles. The van der Waals surface area contributed by atoms with Gasteiger partial charge in [0.25, 0.3) is 5.91 Å². The van der Waals surface area contributed by atoms with Crippen LogP contribution in [-0.4, -0.2) is 62.4 Å². The van der Waals surface area contributed by atoms with Gasteiger partial charge in [0, 0.05) is 13.1 Å². The predicted octanol–water partition coefficient (Wildman–Crippen LogP) is 0.00230.